The van der Waals surface area contributed by atoms with Gasteiger partial charge in [0, 0.05) is 24.7 Å². The quantitative estimate of drug-likeness (QED) is 0.876. The second-order valence-electron chi connectivity index (χ2n) is 6.37. The van der Waals surface area contributed by atoms with Gasteiger partial charge in [0.25, 0.3) is 0 Å². The van der Waals surface area contributed by atoms with Gasteiger partial charge in [0.05, 0.1) is 29.3 Å². The van der Waals surface area contributed by atoms with E-state index in [1.54, 1.807) is 36.5 Å². The molecule has 6 nitrogen and oxygen atoms in total. The Morgan fingerprint density at radius 3 is 2.95 bits per heavy atom. The molecule has 22 heavy (non-hydrogen) atoms. The molecule has 0 fully saturated rings. The lowest BCUT2D eigenvalue weighted by Crippen LogP contribution is -2.26. The average Bonchev–Trinajstić information content (AvgIpc) is 3.00. The van der Waals surface area contributed by atoms with Crippen molar-refractivity contribution in [2.45, 2.75) is 56.9 Å². The van der Waals surface area contributed by atoms with E-state index in [-0.39, 0.29) is 6.10 Å². The number of rotatable bonds is 4. The molecule has 2 aromatic heterocycles. The predicted octanol–water partition coefficient (Wildman–Crippen LogP) is 2.41. The number of nitrogens with zero attached hydrogens (tertiary/aromatic N) is 4. The van der Waals surface area contributed by atoms with Crippen molar-refractivity contribution in [2.75, 3.05) is 6.26 Å². The van der Waals surface area contributed by atoms with Crippen LogP contribution in [0.5, 0.6) is 5.88 Å². The van der Waals surface area contributed by atoms with Gasteiger partial charge in [-0.2, -0.15) is 10.2 Å². The minimum Gasteiger partial charge on any atom is -0.474 e. The van der Waals surface area contributed by atoms with Crippen molar-refractivity contribution in [3.63, 3.8) is 0 Å². The first kappa shape index (κ1) is 15.4. The smallest absolute Gasteiger partial charge is 0.226 e. The molecule has 0 amide bonds. The topological polar surface area (TPSA) is 65.1 Å². The van der Waals surface area contributed by atoms with Crippen LogP contribution < -0.4 is 4.74 Å². The first-order valence-electron chi connectivity index (χ1n) is 7.44. The molecule has 7 heteroatoms. The van der Waals surface area contributed by atoms with E-state index in [1.807, 2.05) is 17.1 Å². The van der Waals surface area contributed by atoms with Crippen LogP contribution in [0.1, 0.15) is 27.2 Å². The second kappa shape index (κ2) is 5.62. The SMILES string of the molecule is CSc1c(-c2cnn(CC(C)(C)O)c2)nn2c1O[C@H](C)CC2. The summed E-state index contributed by atoms with van der Waals surface area (Å²) in [4.78, 5) is 1.05. The van der Waals surface area contributed by atoms with Gasteiger partial charge in [0.15, 0.2) is 0 Å². The summed E-state index contributed by atoms with van der Waals surface area (Å²) in [5, 5.41) is 18.9. The molecule has 0 aliphatic carbocycles. The summed E-state index contributed by atoms with van der Waals surface area (Å²) in [6, 6.07) is 0. The third-order valence-electron chi connectivity index (χ3n) is 3.58. The maximum Gasteiger partial charge on any atom is 0.226 e. The molecule has 1 aliphatic rings. The van der Waals surface area contributed by atoms with E-state index in [2.05, 4.69) is 12.0 Å². The van der Waals surface area contributed by atoms with Gasteiger partial charge in [0.2, 0.25) is 5.88 Å². The standard InChI is InChI=1S/C15H22N4O2S/c1-10-5-6-19-14(21-10)13(22-4)12(17-19)11-7-16-18(8-11)9-15(2,3)20/h7-8,10,20H,5-6,9H2,1-4H3/t10-/m1/s1. The van der Waals surface area contributed by atoms with Gasteiger partial charge in [-0.1, -0.05) is 0 Å². The average molecular weight is 322 g/mol. The van der Waals surface area contributed by atoms with E-state index in [0.29, 0.717) is 6.54 Å². The number of fused-ring (bicyclic) bond motifs is 1. The molecule has 0 spiro atoms. The van der Waals surface area contributed by atoms with Crippen LogP contribution in [-0.2, 0) is 13.1 Å². The molecular formula is C15H22N4O2S. The number of hydrogen-bond acceptors (Lipinski definition) is 5. The number of thioether (sulfide) groups is 1. The summed E-state index contributed by atoms with van der Waals surface area (Å²) in [5.74, 6) is 0.858. The highest BCUT2D eigenvalue weighted by Gasteiger charge is 2.26. The Balaban J connectivity index is 1.95. The lowest BCUT2D eigenvalue weighted by atomic mass is 10.1. The van der Waals surface area contributed by atoms with Crippen LogP contribution in [0.3, 0.4) is 0 Å². The van der Waals surface area contributed by atoms with Crippen molar-refractivity contribution in [2.24, 2.45) is 0 Å². The third kappa shape index (κ3) is 3.01. The van der Waals surface area contributed by atoms with Gasteiger partial charge in [-0.3, -0.25) is 4.68 Å². The number of hydrogen-bond donors (Lipinski definition) is 1. The maximum atomic E-state index is 9.91. The number of ether oxygens (including phenoxy) is 1. The van der Waals surface area contributed by atoms with E-state index in [1.165, 1.54) is 0 Å². The molecular weight excluding hydrogens is 300 g/mol. The highest BCUT2D eigenvalue weighted by Crippen LogP contribution is 2.39. The lowest BCUT2D eigenvalue weighted by Gasteiger charge is -2.21. The predicted molar refractivity (Wildman–Crippen MR) is 86.2 cm³/mol. The molecule has 0 unspecified atom stereocenters. The minimum atomic E-state index is -0.794. The Kier molecular flexibility index (Phi) is 3.94. The van der Waals surface area contributed by atoms with Crippen molar-refractivity contribution in [1.29, 1.82) is 0 Å². The van der Waals surface area contributed by atoms with Crippen molar-refractivity contribution < 1.29 is 9.84 Å². The molecule has 0 saturated heterocycles. The van der Waals surface area contributed by atoms with Gasteiger partial charge < -0.3 is 9.84 Å². The van der Waals surface area contributed by atoms with Gasteiger partial charge in [-0.05, 0) is 27.0 Å². The third-order valence-corrected chi connectivity index (χ3v) is 4.36. The Morgan fingerprint density at radius 2 is 2.27 bits per heavy atom. The monoisotopic (exact) mass is 322 g/mol. The van der Waals surface area contributed by atoms with Gasteiger partial charge in [-0.15, -0.1) is 11.8 Å². The fraction of sp³-hybridized carbons (Fsp3) is 0.600. The van der Waals surface area contributed by atoms with Crippen LogP contribution >= 0.6 is 11.8 Å². The minimum absolute atomic E-state index is 0.223. The highest BCUT2D eigenvalue weighted by atomic mass is 32.2. The fourth-order valence-electron chi connectivity index (χ4n) is 2.59. The van der Waals surface area contributed by atoms with Gasteiger partial charge in [0.1, 0.15) is 5.69 Å². The Morgan fingerprint density at radius 1 is 1.50 bits per heavy atom. The molecule has 2 aromatic rings. The Labute approximate surface area is 134 Å². The lowest BCUT2D eigenvalue weighted by molar-refractivity contribution is 0.0577. The molecule has 120 valence electrons. The van der Waals surface area contributed by atoms with E-state index in [9.17, 15) is 5.11 Å². The zero-order valence-electron chi connectivity index (χ0n) is 13.4. The van der Waals surface area contributed by atoms with Gasteiger partial charge in [-0.25, -0.2) is 4.68 Å². The number of aliphatic hydroxyl groups is 1. The van der Waals surface area contributed by atoms with E-state index in [4.69, 9.17) is 9.84 Å². The normalized spacial score (nSPS) is 18.1. The Bertz CT molecular complexity index is 672. The molecule has 1 aliphatic heterocycles. The van der Waals surface area contributed by atoms with Crippen molar-refractivity contribution >= 4 is 11.8 Å². The largest absolute Gasteiger partial charge is 0.474 e. The number of aryl methyl sites for hydroxylation is 1. The van der Waals surface area contributed by atoms with Crippen LogP contribution in [0.15, 0.2) is 17.3 Å². The van der Waals surface area contributed by atoms with Crippen molar-refractivity contribution in [3.8, 4) is 17.1 Å². The second-order valence-corrected chi connectivity index (χ2v) is 7.18. The summed E-state index contributed by atoms with van der Waals surface area (Å²) < 4.78 is 9.65. The zero-order chi connectivity index (χ0) is 15.9. The molecule has 0 saturated carbocycles. The summed E-state index contributed by atoms with van der Waals surface area (Å²) in [5.41, 5.74) is 1.06. The zero-order valence-corrected chi connectivity index (χ0v) is 14.2. The van der Waals surface area contributed by atoms with Crippen LogP contribution in [-0.4, -0.2) is 42.6 Å². The molecule has 0 radical (unpaired) electrons. The van der Waals surface area contributed by atoms with Crippen LogP contribution in [0.2, 0.25) is 0 Å². The van der Waals surface area contributed by atoms with Crippen LogP contribution in [0, 0.1) is 0 Å². The maximum absolute atomic E-state index is 9.91. The van der Waals surface area contributed by atoms with Crippen molar-refractivity contribution in [3.05, 3.63) is 12.4 Å². The highest BCUT2D eigenvalue weighted by molar-refractivity contribution is 7.98. The first-order chi connectivity index (χ1) is 10.4. The molecule has 3 heterocycles. The first-order valence-corrected chi connectivity index (χ1v) is 8.66. The molecule has 0 aromatic carbocycles. The Hall–Kier alpha value is -1.47. The molecule has 1 N–H and O–H groups in total. The molecule has 1 atom stereocenters. The van der Waals surface area contributed by atoms with E-state index in [0.717, 1.165) is 35.0 Å². The van der Waals surface area contributed by atoms with Crippen molar-refractivity contribution in [1.82, 2.24) is 19.6 Å². The molecule has 0 bridgehead atoms. The summed E-state index contributed by atoms with van der Waals surface area (Å²) in [7, 11) is 0. The number of aromatic nitrogens is 4. The summed E-state index contributed by atoms with van der Waals surface area (Å²) >= 11 is 1.64. The molecule has 3 rings (SSSR count). The van der Waals surface area contributed by atoms with Crippen LogP contribution in [0.4, 0.5) is 0 Å². The van der Waals surface area contributed by atoms with E-state index >= 15 is 0 Å². The van der Waals surface area contributed by atoms with Gasteiger partial charge >= 0.3 is 0 Å². The fourth-order valence-corrected chi connectivity index (χ4v) is 3.27. The van der Waals surface area contributed by atoms with Crippen LogP contribution in [0.25, 0.3) is 11.3 Å². The summed E-state index contributed by atoms with van der Waals surface area (Å²) in [6.45, 7) is 6.95. The summed E-state index contributed by atoms with van der Waals surface area (Å²) in [6.07, 6.45) is 6.95. The van der Waals surface area contributed by atoms with E-state index < -0.39 is 5.60 Å².